The third-order valence-corrected chi connectivity index (χ3v) is 5.02. The van der Waals surface area contributed by atoms with Crippen LogP contribution in [-0.4, -0.2) is 44.2 Å². The highest BCUT2D eigenvalue weighted by Gasteiger charge is 2.32. The van der Waals surface area contributed by atoms with E-state index in [-0.39, 0.29) is 11.5 Å². The Labute approximate surface area is 148 Å². The predicted octanol–water partition coefficient (Wildman–Crippen LogP) is 2.22. The lowest BCUT2D eigenvalue weighted by molar-refractivity contribution is -0.129. The normalized spacial score (nSPS) is 19.5. The smallest absolute Gasteiger partial charge is 0.265 e. The van der Waals surface area contributed by atoms with E-state index < -0.39 is 12.5 Å². The quantitative estimate of drug-likeness (QED) is 0.855. The number of pyridine rings is 1. The largest absolute Gasteiger partial charge is 0.387 e. The van der Waals surface area contributed by atoms with E-state index in [9.17, 15) is 18.7 Å². The molecule has 0 saturated carbocycles. The second-order valence-corrected chi connectivity index (χ2v) is 6.62. The molecule has 0 saturated heterocycles. The van der Waals surface area contributed by atoms with Crippen molar-refractivity contribution in [2.75, 3.05) is 18.0 Å². The van der Waals surface area contributed by atoms with Gasteiger partial charge in [0.25, 0.3) is 6.43 Å². The molecule has 0 fully saturated rings. The van der Waals surface area contributed by atoms with E-state index in [1.54, 1.807) is 9.80 Å². The van der Waals surface area contributed by atoms with Crippen LogP contribution < -0.4 is 4.90 Å². The molecule has 7 nitrogen and oxygen atoms in total. The summed E-state index contributed by atoms with van der Waals surface area (Å²) in [6.07, 6.45) is -1.24. The van der Waals surface area contributed by atoms with Crippen LogP contribution in [0.5, 0.6) is 0 Å². The number of H-pyrrole nitrogens is 1. The van der Waals surface area contributed by atoms with Crippen molar-refractivity contribution in [1.82, 2.24) is 20.1 Å². The Bertz CT molecular complexity index is 854. The fourth-order valence-electron chi connectivity index (χ4n) is 3.57. The second kappa shape index (κ2) is 6.31. The molecule has 2 aliphatic rings. The van der Waals surface area contributed by atoms with Gasteiger partial charge in [-0.1, -0.05) is 0 Å². The van der Waals surface area contributed by atoms with Crippen molar-refractivity contribution < 1.29 is 18.7 Å². The second-order valence-electron chi connectivity index (χ2n) is 6.62. The lowest BCUT2D eigenvalue weighted by Gasteiger charge is -2.34. The summed E-state index contributed by atoms with van der Waals surface area (Å²) in [5.74, 6) is 0.589. The van der Waals surface area contributed by atoms with Gasteiger partial charge in [-0.3, -0.25) is 14.9 Å². The number of carbonyl (C=O) groups excluding carboxylic acids is 1. The van der Waals surface area contributed by atoms with Crippen LogP contribution in [0.2, 0.25) is 0 Å². The Morgan fingerprint density at radius 3 is 2.96 bits per heavy atom. The minimum Gasteiger partial charge on any atom is -0.387 e. The van der Waals surface area contributed by atoms with Crippen molar-refractivity contribution in [3.8, 4) is 0 Å². The Morgan fingerprint density at radius 1 is 1.42 bits per heavy atom. The van der Waals surface area contributed by atoms with E-state index in [4.69, 9.17) is 0 Å². The minimum absolute atomic E-state index is 0.0149. The first-order valence-electron chi connectivity index (χ1n) is 8.51. The fourth-order valence-corrected chi connectivity index (χ4v) is 3.57. The number of aliphatic hydroxyl groups is 1. The van der Waals surface area contributed by atoms with Gasteiger partial charge in [0.15, 0.2) is 5.82 Å². The van der Waals surface area contributed by atoms with Gasteiger partial charge in [0.2, 0.25) is 5.91 Å². The van der Waals surface area contributed by atoms with Crippen molar-refractivity contribution in [1.29, 1.82) is 0 Å². The standard InChI is InChI=1S/C17H19F2N5O2/c1-9(25)23-4-2-12-11(8-23)17(22-21-12)24-5-3-14(26)15-13(24)6-10(7-20-15)16(18)19/h6-7,14,16,26H,2-5,8H2,1H3,(H,21,22). The van der Waals surface area contributed by atoms with Crippen molar-refractivity contribution in [2.24, 2.45) is 0 Å². The van der Waals surface area contributed by atoms with Crippen molar-refractivity contribution in [3.05, 3.63) is 34.8 Å². The SMILES string of the molecule is CC(=O)N1CCc2[nH]nc(N3CCC(O)c4ncc(C(F)F)cc43)c2C1. The molecule has 0 aromatic carbocycles. The van der Waals surface area contributed by atoms with E-state index in [0.29, 0.717) is 49.7 Å². The first-order valence-corrected chi connectivity index (χ1v) is 8.51. The highest BCUT2D eigenvalue weighted by molar-refractivity contribution is 5.75. The molecule has 0 aliphatic carbocycles. The number of halogens is 2. The molecule has 4 rings (SSSR count). The molecular weight excluding hydrogens is 344 g/mol. The van der Waals surface area contributed by atoms with Crippen molar-refractivity contribution in [2.45, 2.75) is 38.8 Å². The number of fused-ring (bicyclic) bond motifs is 2. The molecule has 9 heteroatoms. The third kappa shape index (κ3) is 2.72. The Balaban J connectivity index is 1.77. The predicted molar refractivity (Wildman–Crippen MR) is 89.2 cm³/mol. The van der Waals surface area contributed by atoms with Gasteiger partial charge >= 0.3 is 0 Å². The van der Waals surface area contributed by atoms with Crippen LogP contribution in [-0.2, 0) is 17.8 Å². The fraction of sp³-hybridized carbons (Fsp3) is 0.471. The van der Waals surface area contributed by atoms with Gasteiger partial charge < -0.3 is 14.9 Å². The molecule has 2 aromatic heterocycles. The summed E-state index contributed by atoms with van der Waals surface area (Å²) in [4.78, 5) is 19.3. The van der Waals surface area contributed by atoms with Gasteiger partial charge in [0, 0.05) is 49.5 Å². The Morgan fingerprint density at radius 2 is 2.23 bits per heavy atom. The third-order valence-electron chi connectivity index (χ3n) is 5.02. The van der Waals surface area contributed by atoms with Crippen molar-refractivity contribution in [3.63, 3.8) is 0 Å². The summed E-state index contributed by atoms with van der Waals surface area (Å²) >= 11 is 0. The number of alkyl halides is 2. The molecule has 0 bridgehead atoms. The average Bonchev–Trinajstić information content (AvgIpc) is 3.04. The van der Waals surface area contributed by atoms with Gasteiger partial charge in [0.05, 0.1) is 24.0 Å². The maximum atomic E-state index is 13.1. The number of aliphatic hydroxyl groups excluding tert-OH is 1. The summed E-state index contributed by atoms with van der Waals surface area (Å²) in [5.41, 5.74) is 2.45. The van der Waals surface area contributed by atoms with Crippen molar-refractivity contribution >= 4 is 17.4 Å². The number of carbonyl (C=O) groups is 1. The summed E-state index contributed by atoms with van der Waals surface area (Å²) in [6, 6.07) is 1.36. The van der Waals surface area contributed by atoms with Gasteiger partial charge in [-0.15, -0.1) is 0 Å². The van der Waals surface area contributed by atoms with Gasteiger partial charge in [-0.2, -0.15) is 5.10 Å². The minimum atomic E-state index is -2.64. The van der Waals surface area contributed by atoms with Gasteiger partial charge in [0.1, 0.15) is 0 Å². The molecule has 26 heavy (non-hydrogen) atoms. The first kappa shape index (κ1) is 16.9. The molecule has 2 aromatic rings. The zero-order valence-corrected chi connectivity index (χ0v) is 14.2. The van der Waals surface area contributed by atoms with E-state index in [0.717, 1.165) is 17.5 Å². The number of nitrogens with one attached hydrogen (secondary N) is 1. The topological polar surface area (TPSA) is 85.4 Å². The number of aromatic nitrogens is 3. The van der Waals surface area contributed by atoms with E-state index in [2.05, 4.69) is 15.2 Å². The lowest BCUT2D eigenvalue weighted by atomic mass is 10.0. The summed E-state index contributed by atoms with van der Waals surface area (Å²) < 4.78 is 26.3. The Kier molecular flexibility index (Phi) is 4.10. The van der Waals surface area contributed by atoms with Crippen LogP contribution in [0.25, 0.3) is 0 Å². The van der Waals surface area contributed by atoms with Gasteiger partial charge in [-0.25, -0.2) is 8.78 Å². The highest BCUT2D eigenvalue weighted by atomic mass is 19.3. The summed E-state index contributed by atoms with van der Waals surface area (Å²) in [5, 5.41) is 17.6. The van der Waals surface area contributed by atoms with Crippen LogP contribution in [0.1, 0.15) is 48.4 Å². The number of amides is 1. The molecule has 4 heterocycles. The zero-order chi connectivity index (χ0) is 18.4. The van der Waals surface area contributed by atoms with E-state index in [1.807, 2.05) is 0 Å². The van der Waals surface area contributed by atoms with Crippen LogP contribution in [0, 0.1) is 0 Å². The maximum Gasteiger partial charge on any atom is 0.265 e. The molecule has 0 spiro atoms. The number of aromatic amines is 1. The molecule has 1 atom stereocenters. The van der Waals surface area contributed by atoms with E-state index >= 15 is 0 Å². The zero-order valence-electron chi connectivity index (χ0n) is 14.2. The van der Waals surface area contributed by atoms with Crippen LogP contribution in [0.4, 0.5) is 20.3 Å². The molecule has 2 N–H and O–H groups in total. The highest BCUT2D eigenvalue weighted by Crippen LogP contribution is 2.40. The summed E-state index contributed by atoms with van der Waals surface area (Å²) in [7, 11) is 0. The van der Waals surface area contributed by atoms with Crippen LogP contribution in [0.15, 0.2) is 12.3 Å². The number of hydrogen-bond acceptors (Lipinski definition) is 5. The lowest BCUT2D eigenvalue weighted by Crippen LogP contribution is -2.35. The van der Waals surface area contributed by atoms with Crippen LogP contribution in [0.3, 0.4) is 0 Å². The number of nitrogens with zero attached hydrogens (tertiary/aromatic N) is 4. The first-order chi connectivity index (χ1) is 12.5. The van der Waals surface area contributed by atoms with E-state index in [1.165, 1.54) is 13.0 Å². The molecule has 0 radical (unpaired) electrons. The number of rotatable bonds is 2. The summed E-state index contributed by atoms with van der Waals surface area (Å²) in [6.45, 7) is 3.00. The maximum absolute atomic E-state index is 13.1. The van der Waals surface area contributed by atoms with Gasteiger partial charge in [-0.05, 0) is 12.5 Å². The van der Waals surface area contributed by atoms with Crippen LogP contribution >= 0.6 is 0 Å². The monoisotopic (exact) mass is 363 g/mol. The molecule has 1 unspecified atom stereocenters. The molecular formula is C17H19F2N5O2. The number of anilines is 2. The molecule has 1 amide bonds. The Hall–Kier alpha value is -2.55. The number of hydrogen-bond donors (Lipinski definition) is 2. The average molecular weight is 363 g/mol. The molecule has 2 aliphatic heterocycles. The molecule has 138 valence electrons.